The zero-order valence-electron chi connectivity index (χ0n) is 27.1. The molecule has 1 aromatic carbocycles. The number of benzene rings is 1. The van der Waals surface area contributed by atoms with E-state index >= 15 is 0 Å². The zero-order valence-corrected chi connectivity index (χ0v) is 27.1. The molecule has 0 bridgehead atoms. The van der Waals surface area contributed by atoms with E-state index in [4.69, 9.17) is 14.5 Å². The van der Waals surface area contributed by atoms with E-state index in [9.17, 15) is 9.59 Å². The second-order valence-corrected chi connectivity index (χ2v) is 14.2. The van der Waals surface area contributed by atoms with Crippen molar-refractivity contribution >= 4 is 17.9 Å². The van der Waals surface area contributed by atoms with Crippen LogP contribution in [0.4, 0.5) is 15.3 Å². The molecule has 2 atom stereocenters. The third kappa shape index (κ3) is 7.43. The van der Waals surface area contributed by atoms with Crippen LogP contribution in [-0.4, -0.2) is 88.9 Å². The standard InChI is InChI=1S/C34H49N5O4/c1-33(2,3)42-31(40)38-19-17-37(18-20-38)28-14-9-12-25-22-39(32(41)43-34(4,5)6)26(21-27(25)28)23-36(7)29-15-8-11-24-13-10-16-35-30(24)29/h9-10,12-14,16,26,29H,8,11,15,17-23H2,1-7H3/t26-,29+/m1/s1. The average Bonchev–Trinajstić information content (AvgIpc) is 2.94. The Morgan fingerprint density at radius 2 is 1.60 bits per heavy atom. The van der Waals surface area contributed by atoms with Gasteiger partial charge in [0.25, 0.3) is 0 Å². The van der Waals surface area contributed by atoms with E-state index in [1.165, 1.54) is 22.5 Å². The molecule has 3 heterocycles. The summed E-state index contributed by atoms with van der Waals surface area (Å²) >= 11 is 0. The summed E-state index contributed by atoms with van der Waals surface area (Å²) in [5, 5.41) is 0. The molecule has 0 N–H and O–H groups in total. The lowest BCUT2D eigenvalue weighted by Gasteiger charge is -2.43. The number of rotatable bonds is 4. The minimum Gasteiger partial charge on any atom is -0.444 e. The van der Waals surface area contributed by atoms with Gasteiger partial charge in [0.05, 0.1) is 17.8 Å². The van der Waals surface area contributed by atoms with Crippen LogP contribution in [0.2, 0.25) is 0 Å². The van der Waals surface area contributed by atoms with Crippen molar-refractivity contribution in [3.63, 3.8) is 0 Å². The number of aromatic nitrogens is 1. The van der Waals surface area contributed by atoms with Crippen molar-refractivity contribution in [3.8, 4) is 0 Å². The fourth-order valence-electron chi connectivity index (χ4n) is 6.59. The van der Waals surface area contributed by atoms with Gasteiger partial charge in [-0.05, 0) is 103 Å². The van der Waals surface area contributed by atoms with E-state index in [0.29, 0.717) is 19.6 Å². The van der Waals surface area contributed by atoms with Crippen LogP contribution < -0.4 is 4.90 Å². The number of nitrogens with zero attached hydrogens (tertiary/aromatic N) is 5. The Balaban J connectivity index is 1.37. The van der Waals surface area contributed by atoms with E-state index in [-0.39, 0.29) is 24.3 Å². The SMILES string of the molecule is CN(C[C@H]1Cc2c(cccc2N2CCN(C(=O)OC(C)(C)C)CC2)CN1C(=O)OC(C)(C)C)[C@H]1CCCc2cccnc21. The van der Waals surface area contributed by atoms with Gasteiger partial charge < -0.3 is 19.3 Å². The van der Waals surface area contributed by atoms with Crippen LogP contribution in [0.25, 0.3) is 0 Å². The van der Waals surface area contributed by atoms with Gasteiger partial charge in [0, 0.05) is 51.2 Å². The molecule has 3 aliphatic rings. The summed E-state index contributed by atoms with van der Waals surface area (Å²) in [5.74, 6) is 0. The highest BCUT2D eigenvalue weighted by Crippen LogP contribution is 2.36. The van der Waals surface area contributed by atoms with E-state index in [2.05, 4.69) is 41.1 Å². The number of aryl methyl sites for hydroxylation is 1. The van der Waals surface area contributed by atoms with Crippen LogP contribution in [0.5, 0.6) is 0 Å². The zero-order chi connectivity index (χ0) is 30.9. The van der Waals surface area contributed by atoms with Crippen LogP contribution >= 0.6 is 0 Å². The number of anilines is 1. The van der Waals surface area contributed by atoms with Gasteiger partial charge in [0.1, 0.15) is 11.2 Å². The number of amides is 2. The minimum absolute atomic E-state index is 0.0503. The molecule has 1 saturated heterocycles. The van der Waals surface area contributed by atoms with E-state index in [1.807, 2.05) is 58.7 Å². The maximum Gasteiger partial charge on any atom is 0.410 e. The summed E-state index contributed by atoms with van der Waals surface area (Å²) in [6, 6.07) is 10.8. The number of carbonyl (C=O) groups excluding carboxylic acids is 2. The van der Waals surface area contributed by atoms with Crippen LogP contribution in [0.1, 0.15) is 82.8 Å². The highest BCUT2D eigenvalue weighted by atomic mass is 16.6. The highest BCUT2D eigenvalue weighted by molar-refractivity contribution is 5.71. The second kappa shape index (κ2) is 12.3. The van der Waals surface area contributed by atoms with E-state index in [0.717, 1.165) is 50.9 Å². The first-order valence-corrected chi connectivity index (χ1v) is 15.8. The number of piperazine rings is 1. The number of likely N-dealkylation sites (N-methyl/N-ethyl adjacent to an activating group) is 1. The molecule has 1 aliphatic carbocycles. The van der Waals surface area contributed by atoms with E-state index < -0.39 is 11.2 Å². The van der Waals surface area contributed by atoms with E-state index in [1.54, 1.807) is 4.90 Å². The third-order valence-electron chi connectivity index (χ3n) is 8.57. The molecule has 0 unspecified atom stereocenters. The molecule has 2 aromatic rings. The quantitative estimate of drug-likeness (QED) is 0.444. The molecule has 2 aliphatic heterocycles. The van der Waals surface area contributed by atoms with Crippen LogP contribution in [0.15, 0.2) is 36.5 Å². The van der Waals surface area contributed by atoms with Crippen LogP contribution in [0.3, 0.4) is 0 Å². The van der Waals surface area contributed by atoms with Gasteiger partial charge in [-0.15, -0.1) is 0 Å². The fraction of sp³-hybridized carbons (Fsp3) is 0.618. The molecule has 234 valence electrons. The summed E-state index contributed by atoms with van der Waals surface area (Å²) < 4.78 is 11.5. The van der Waals surface area contributed by atoms with Gasteiger partial charge in [-0.3, -0.25) is 14.8 Å². The first-order valence-electron chi connectivity index (χ1n) is 15.8. The van der Waals surface area contributed by atoms with Gasteiger partial charge in [-0.25, -0.2) is 9.59 Å². The number of ether oxygens (including phenoxy) is 2. The number of pyridine rings is 1. The first kappa shape index (κ1) is 31.1. The smallest absolute Gasteiger partial charge is 0.410 e. The van der Waals surface area contributed by atoms with Crippen molar-refractivity contribution in [2.45, 2.75) is 97.1 Å². The maximum atomic E-state index is 13.6. The Hall–Kier alpha value is -3.33. The predicted molar refractivity (Wildman–Crippen MR) is 168 cm³/mol. The van der Waals surface area contributed by atoms with Crippen molar-refractivity contribution in [2.75, 3.05) is 44.7 Å². The lowest BCUT2D eigenvalue weighted by Crippen LogP contribution is -2.52. The van der Waals surface area contributed by atoms with Crippen molar-refractivity contribution in [2.24, 2.45) is 0 Å². The Bertz CT molecular complexity index is 1310. The average molecular weight is 592 g/mol. The molecule has 0 saturated carbocycles. The fourth-order valence-corrected chi connectivity index (χ4v) is 6.59. The molecular formula is C34H49N5O4. The number of hydrogen-bond donors (Lipinski definition) is 0. The number of carbonyl (C=O) groups is 2. The summed E-state index contributed by atoms with van der Waals surface area (Å²) in [6.45, 7) is 15.4. The Labute approximate surface area is 257 Å². The normalized spacial score (nSPS) is 20.9. The molecule has 9 nitrogen and oxygen atoms in total. The summed E-state index contributed by atoms with van der Waals surface area (Å²) in [7, 11) is 2.17. The molecule has 0 radical (unpaired) electrons. The molecular weight excluding hydrogens is 542 g/mol. The summed E-state index contributed by atoms with van der Waals surface area (Å²) in [5.41, 5.74) is 5.05. The molecule has 2 amide bonds. The van der Waals surface area contributed by atoms with Gasteiger partial charge >= 0.3 is 12.2 Å². The van der Waals surface area contributed by atoms with Crippen molar-refractivity contribution in [1.29, 1.82) is 0 Å². The van der Waals surface area contributed by atoms with Gasteiger partial charge in [-0.1, -0.05) is 18.2 Å². The lowest BCUT2D eigenvalue weighted by atomic mass is 9.89. The number of hydrogen-bond acceptors (Lipinski definition) is 7. The molecule has 9 heteroatoms. The lowest BCUT2D eigenvalue weighted by molar-refractivity contribution is 0.00644. The molecule has 1 aromatic heterocycles. The molecule has 1 fully saturated rings. The van der Waals surface area contributed by atoms with Gasteiger partial charge in [-0.2, -0.15) is 0 Å². The topological polar surface area (TPSA) is 78.5 Å². The Morgan fingerprint density at radius 3 is 2.30 bits per heavy atom. The third-order valence-corrected chi connectivity index (χ3v) is 8.57. The van der Waals surface area contributed by atoms with Crippen LogP contribution in [0, 0.1) is 0 Å². The second-order valence-electron chi connectivity index (χ2n) is 14.2. The Kier molecular flexibility index (Phi) is 8.93. The van der Waals surface area contributed by atoms with Gasteiger partial charge in [0.15, 0.2) is 0 Å². The Morgan fingerprint density at radius 1 is 0.930 bits per heavy atom. The first-order chi connectivity index (χ1) is 20.3. The van der Waals surface area contributed by atoms with Crippen molar-refractivity contribution < 1.29 is 19.1 Å². The predicted octanol–water partition coefficient (Wildman–Crippen LogP) is 5.81. The summed E-state index contributed by atoms with van der Waals surface area (Å²) in [6.07, 6.45) is 5.37. The van der Waals surface area contributed by atoms with Gasteiger partial charge in [0.2, 0.25) is 0 Å². The monoisotopic (exact) mass is 591 g/mol. The molecule has 5 rings (SSSR count). The maximum absolute atomic E-state index is 13.6. The minimum atomic E-state index is -0.574. The highest BCUT2D eigenvalue weighted by Gasteiger charge is 2.37. The molecule has 43 heavy (non-hydrogen) atoms. The van der Waals surface area contributed by atoms with Crippen LogP contribution in [-0.2, 0) is 28.9 Å². The van der Waals surface area contributed by atoms with Crippen molar-refractivity contribution in [3.05, 3.63) is 58.9 Å². The summed E-state index contributed by atoms with van der Waals surface area (Å²) in [4.78, 5) is 39.5. The number of fused-ring (bicyclic) bond motifs is 2. The van der Waals surface area contributed by atoms with Crippen molar-refractivity contribution in [1.82, 2.24) is 19.7 Å². The largest absolute Gasteiger partial charge is 0.444 e. The molecule has 0 spiro atoms.